The van der Waals surface area contributed by atoms with Crippen molar-refractivity contribution < 1.29 is 4.42 Å². The minimum absolute atomic E-state index is 0.916. The Morgan fingerprint density at radius 1 is 0.818 bits per heavy atom. The molecule has 0 atom stereocenters. The Balaban J connectivity index is 2.15. The summed E-state index contributed by atoms with van der Waals surface area (Å²) < 4.78 is 5.96. The fourth-order valence-corrected chi connectivity index (χ4v) is 3.17. The van der Waals surface area contributed by atoms with Crippen LogP contribution in [0.3, 0.4) is 0 Å². The van der Waals surface area contributed by atoms with E-state index < -0.39 is 0 Å². The second-order valence-corrected chi connectivity index (χ2v) is 5.95. The van der Waals surface area contributed by atoms with E-state index in [2.05, 4.69) is 44.2 Å². The molecule has 0 amide bonds. The molecular weight excluding hydrogens is 270 g/mol. The van der Waals surface area contributed by atoms with Crippen LogP contribution in [0.1, 0.15) is 16.9 Å². The van der Waals surface area contributed by atoms with Gasteiger partial charge < -0.3 is 4.42 Å². The fraction of sp³-hybridized carbons (Fsp3) is 0.150. The van der Waals surface area contributed by atoms with Gasteiger partial charge in [0, 0.05) is 16.3 Å². The predicted molar refractivity (Wildman–Crippen MR) is 91.2 cm³/mol. The maximum Gasteiger partial charge on any atom is 0.145 e. The van der Waals surface area contributed by atoms with Gasteiger partial charge in [0.2, 0.25) is 0 Å². The molecule has 0 bridgehead atoms. The third-order valence-corrected chi connectivity index (χ3v) is 3.99. The van der Waals surface area contributed by atoms with Gasteiger partial charge in [-0.15, -0.1) is 0 Å². The first-order valence-corrected chi connectivity index (χ1v) is 7.49. The minimum atomic E-state index is 0.916. The quantitative estimate of drug-likeness (QED) is 0.457. The number of aryl methyl sites for hydroxylation is 3. The molecular formula is C20H17NO. The molecule has 2 heteroatoms. The van der Waals surface area contributed by atoms with Gasteiger partial charge in [0.25, 0.3) is 0 Å². The lowest BCUT2D eigenvalue weighted by atomic mass is 10.0. The van der Waals surface area contributed by atoms with Gasteiger partial charge in [-0.1, -0.05) is 29.3 Å². The highest BCUT2D eigenvalue weighted by Gasteiger charge is 2.14. The van der Waals surface area contributed by atoms with Crippen molar-refractivity contribution in [2.75, 3.05) is 0 Å². The largest absolute Gasteiger partial charge is 0.461 e. The van der Waals surface area contributed by atoms with E-state index in [1.807, 2.05) is 25.1 Å². The monoisotopic (exact) mass is 287 g/mol. The van der Waals surface area contributed by atoms with Crippen molar-refractivity contribution >= 4 is 21.9 Å². The predicted octanol–water partition coefficient (Wildman–Crippen LogP) is 5.57. The van der Waals surface area contributed by atoms with Crippen molar-refractivity contribution in [3.8, 4) is 11.3 Å². The van der Waals surface area contributed by atoms with Gasteiger partial charge in [-0.05, 0) is 51.1 Å². The van der Waals surface area contributed by atoms with E-state index in [0.717, 1.165) is 38.9 Å². The van der Waals surface area contributed by atoms with E-state index in [9.17, 15) is 0 Å². The second-order valence-electron chi connectivity index (χ2n) is 5.95. The lowest BCUT2D eigenvalue weighted by molar-refractivity contribution is 0.581. The highest BCUT2D eigenvalue weighted by atomic mass is 16.3. The maximum atomic E-state index is 5.96. The smallest absolute Gasteiger partial charge is 0.145 e. The molecule has 0 aliphatic carbocycles. The first kappa shape index (κ1) is 13.1. The summed E-state index contributed by atoms with van der Waals surface area (Å²) in [6.07, 6.45) is 0. The van der Waals surface area contributed by atoms with Gasteiger partial charge in [-0.25, -0.2) is 4.98 Å². The van der Waals surface area contributed by atoms with E-state index in [-0.39, 0.29) is 0 Å². The number of fused-ring (bicyclic) bond motifs is 3. The molecule has 4 rings (SSSR count). The lowest BCUT2D eigenvalue weighted by Gasteiger charge is -2.08. The van der Waals surface area contributed by atoms with Crippen LogP contribution in [0, 0.1) is 20.8 Å². The molecule has 0 aliphatic heterocycles. The number of benzene rings is 2. The molecule has 22 heavy (non-hydrogen) atoms. The number of aromatic nitrogens is 1. The molecule has 0 saturated carbocycles. The number of pyridine rings is 1. The Bertz CT molecular complexity index is 991. The number of hydrogen-bond donors (Lipinski definition) is 0. The molecule has 0 spiro atoms. The van der Waals surface area contributed by atoms with Gasteiger partial charge in [0.1, 0.15) is 11.3 Å². The number of hydrogen-bond acceptors (Lipinski definition) is 2. The van der Waals surface area contributed by atoms with Crippen molar-refractivity contribution in [3.05, 3.63) is 65.4 Å². The van der Waals surface area contributed by atoms with Crippen LogP contribution in [0.4, 0.5) is 0 Å². The van der Waals surface area contributed by atoms with Crippen molar-refractivity contribution in [1.29, 1.82) is 0 Å². The van der Waals surface area contributed by atoms with Crippen molar-refractivity contribution in [2.45, 2.75) is 20.8 Å². The first-order chi connectivity index (χ1) is 10.6. The molecule has 2 aromatic heterocycles. The summed E-state index contributed by atoms with van der Waals surface area (Å²) in [6.45, 7) is 6.23. The number of nitrogens with zero attached hydrogens (tertiary/aromatic N) is 1. The summed E-state index contributed by atoms with van der Waals surface area (Å²) in [6, 6.07) is 16.8. The van der Waals surface area contributed by atoms with Crippen LogP contribution in [0.15, 0.2) is 52.9 Å². The molecule has 108 valence electrons. The summed E-state index contributed by atoms with van der Waals surface area (Å²) in [5.74, 6) is 0.916. The van der Waals surface area contributed by atoms with E-state index in [0.29, 0.717) is 0 Å². The van der Waals surface area contributed by atoms with Crippen molar-refractivity contribution in [1.82, 2.24) is 4.98 Å². The van der Waals surface area contributed by atoms with Crippen molar-refractivity contribution in [3.63, 3.8) is 0 Å². The highest BCUT2D eigenvalue weighted by Crippen LogP contribution is 2.34. The van der Waals surface area contributed by atoms with Crippen LogP contribution in [-0.4, -0.2) is 4.98 Å². The standard InChI is InChI=1S/C20H17NO/c1-12-8-13(2)10-15(9-12)19-17-11-14(3)22-20(17)16-6-4-5-7-18(16)21-19/h4-11H,1-3H3. The zero-order valence-electron chi connectivity index (χ0n) is 13.0. The Morgan fingerprint density at radius 2 is 1.55 bits per heavy atom. The normalized spacial score (nSPS) is 11.4. The average molecular weight is 287 g/mol. The molecule has 0 saturated heterocycles. The summed E-state index contributed by atoms with van der Waals surface area (Å²) in [7, 11) is 0. The van der Waals surface area contributed by atoms with Gasteiger partial charge in [-0.2, -0.15) is 0 Å². The summed E-state index contributed by atoms with van der Waals surface area (Å²) in [5, 5.41) is 2.15. The zero-order chi connectivity index (χ0) is 15.3. The lowest BCUT2D eigenvalue weighted by Crippen LogP contribution is -1.89. The Morgan fingerprint density at radius 3 is 2.32 bits per heavy atom. The summed E-state index contributed by atoms with van der Waals surface area (Å²) in [4.78, 5) is 4.91. The fourth-order valence-electron chi connectivity index (χ4n) is 3.17. The summed E-state index contributed by atoms with van der Waals surface area (Å²) in [5.41, 5.74) is 6.54. The SMILES string of the molecule is Cc1cc(C)cc(-c2nc3ccccc3c3oc(C)cc23)c1. The number of rotatable bonds is 1. The molecule has 2 aromatic carbocycles. The van der Waals surface area contributed by atoms with Crippen LogP contribution < -0.4 is 0 Å². The molecule has 2 heterocycles. The zero-order valence-corrected chi connectivity index (χ0v) is 13.0. The van der Waals surface area contributed by atoms with Gasteiger partial charge in [0.15, 0.2) is 0 Å². The van der Waals surface area contributed by atoms with Crippen LogP contribution in [-0.2, 0) is 0 Å². The minimum Gasteiger partial charge on any atom is -0.461 e. The first-order valence-electron chi connectivity index (χ1n) is 7.49. The number of para-hydroxylation sites is 1. The van der Waals surface area contributed by atoms with E-state index in [1.165, 1.54) is 11.1 Å². The molecule has 0 unspecified atom stereocenters. The Labute approximate surface area is 129 Å². The van der Waals surface area contributed by atoms with Gasteiger partial charge in [-0.3, -0.25) is 0 Å². The van der Waals surface area contributed by atoms with E-state index in [1.54, 1.807) is 0 Å². The molecule has 2 nitrogen and oxygen atoms in total. The third-order valence-electron chi connectivity index (χ3n) is 3.99. The average Bonchev–Trinajstić information content (AvgIpc) is 2.87. The molecule has 4 aromatic rings. The molecule has 0 N–H and O–H groups in total. The van der Waals surface area contributed by atoms with Crippen LogP contribution in [0.25, 0.3) is 33.1 Å². The maximum absolute atomic E-state index is 5.96. The van der Waals surface area contributed by atoms with Crippen LogP contribution in [0.5, 0.6) is 0 Å². The van der Waals surface area contributed by atoms with E-state index in [4.69, 9.17) is 9.40 Å². The Kier molecular flexibility index (Phi) is 2.80. The third kappa shape index (κ3) is 2.00. The van der Waals surface area contributed by atoms with E-state index >= 15 is 0 Å². The topological polar surface area (TPSA) is 26.0 Å². The summed E-state index contributed by atoms with van der Waals surface area (Å²) >= 11 is 0. The number of furan rings is 1. The van der Waals surface area contributed by atoms with Crippen LogP contribution >= 0.6 is 0 Å². The van der Waals surface area contributed by atoms with Gasteiger partial charge in [0.05, 0.1) is 11.2 Å². The van der Waals surface area contributed by atoms with Gasteiger partial charge >= 0.3 is 0 Å². The highest BCUT2D eigenvalue weighted by molar-refractivity contribution is 6.08. The molecule has 0 radical (unpaired) electrons. The second kappa shape index (κ2) is 4.70. The van der Waals surface area contributed by atoms with Crippen LogP contribution in [0.2, 0.25) is 0 Å². The molecule has 0 aliphatic rings. The molecule has 0 fully saturated rings. The Hall–Kier alpha value is -2.61. The van der Waals surface area contributed by atoms with Crippen molar-refractivity contribution in [2.24, 2.45) is 0 Å².